The van der Waals surface area contributed by atoms with E-state index in [0.29, 0.717) is 0 Å². The van der Waals surface area contributed by atoms with Crippen molar-refractivity contribution in [2.75, 3.05) is 18.0 Å². The number of aromatic amines is 1. The molecule has 3 heterocycles. The Kier molecular flexibility index (Phi) is 2.84. The van der Waals surface area contributed by atoms with Crippen LogP contribution in [0.25, 0.3) is 11.4 Å². The van der Waals surface area contributed by atoms with Gasteiger partial charge in [-0.3, -0.25) is 9.78 Å². The van der Waals surface area contributed by atoms with Crippen LogP contribution >= 0.6 is 0 Å². The van der Waals surface area contributed by atoms with E-state index in [-0.39, 0.29) is 5.43 Å². The van der Waals surface area contributed by atoms with Gasteiger partial charge in [-0.05, 0) is 25.0 Å². The molecule has 4 nitrogen and oxygen atoms in total. The van der Waals surface area contributed by atoms with Crippen LogP contribution in [0.1, 0.15) is 12.8 Å². The van der Waals surface area contributed by atoms with E-state index in [9.17, 15) is 4.79 Å². The van der Waals surface area contributed by atoms with Gasteiger partial charge in [-0.25, -0.2) is 0 Å². The molecule has 1 fully saturated rings. The van der Waals surface area contributed by atoms with E-state index >= 15 is 0 Å². The summed E-state index contributed by atoms with van der Waals surface area (Å²) < 4.78 is 0. The molecule has 0 aliphatic carbocycles. The zero-order valence-corrected chi connectivity index (χ0v) is 10.1. The molecule has 4 heteroatoms. The van der Waals surface area contributed by atoms with Crippen LogP contribution < -0.4 is 10.3 Å². The van der Waals surface area contributed by atoms with E-state index in [4.69, 9.17) is 0 Å². The summed E-state index contributed by atoms with van der Waals surface area (Å²) in [5, 5.41) is 0. The quantitative estimate of drug-likeness (QED) is 0.875. The predicted octanol–water partition coefficient (Wildman–Crippen LogP) is 2.04. The Labute approximate surface area is 105 Å². The highest BCUT2D eigenvalue weighted by Gasteiger charge is 2.20. The zero-order valence-electron chi connectivity index (χ0n) is 10.1. The summed E-state index contributed by atoms with van der Waals surface area (Å²) in [6.07, 6.45) is 5.73. The second kappa shape index (κ2) is 4.64. The maximum absolute atomic E-state index is 12.1. The first-order chi connectivity index (χ1) is 8.86. The van der Waals surface area contributed by atoms with Gasteiger partial charge >= 0.3 is 0 Å². The Morgan fingerprint density at radius 3 is 2.72 bits per heavy atom. The fourth-order valence-corrected chi connectivity index (χ4v) is 2.43. The topological polar surface area (TPSA) is 49.0 Å². The molecule has 2 aromatic heterocycles. The van der Waals surface area contributed by atoms with Gasteiger partial charge in [-0.2, -0.15) is 0 Å². The minimum atomic E-state index is 0.0660. The molecule has 1 aliphatic heterocycles. The van der Waals surface area contributed by atoms with Crippen molar-refractivity contribution in [3.05, 3.63) is 46.9 Å². The molecule has 1 N–H and O–H groups in total. The highest BCUT2D eigenvalue weighted by atomic mass is 16.1. The molecule has 0 bridgehead atoms. The number of H-pyrrole nitrogens is 1. The first kappa shape index (κ1) is 11.0. The van der Waals surface area contributed by atoms with Gasteiger partial charge < -0.3 is 9.88 Å². The Balaban J connectivity index is 2.15. The van der Waals surface area contributed by atoms with Crippen molar-refractivity contribution < 1.29 is 0 Å². The average molecular weight is 241 g/mol. The fraction of sp³-hybridized carbons (Fsp3) is 0.286. The first-order valence-corrected chi connectivity index (χ1v) is 6.24. The van der Waals surface area contributed by atoms with Gasteiger partial charge in [0.2, 0.25) is 5.43 Å². The SMILES string of the molecule is O=c1cc[nH]c(-c2ccccn2)c1N1CCCC1. The van der Waals surface area contributed by atoms with Gasteiger partial charge in [0.25, 0.3) is 0 Å². The third kappa shape index (κ3) is 1.90. The molecular formula is C14H15N3O. The number of pyridine rings is 2. The van der Waals surface area contributed by atoms with Gasteiger partial charge in [-0.15, -0.1) is 0 Å². The van der Waals surface area contributed by atoms with Crippen LogP contribution in [-0.2, 0) is 0 Å². The summed E-state index contributed by atoms with van der Waals surface area (Å²) in [6.45, 7) is 1.90. The third-order valence-electron chi connectivity index (χ3n) is 3.28. The summed E-state index contributed by atoms with van der Waals surface area (Å²) in [6, 6.07) is 7.31. The normalized spacial score (nSPS) is 15.0. The number of anilines is 1. The van der Waals surface area contributed by atoms with Crippen molar-refractivity contribution in [3.8, 4) is 11.4 Å². The van der Waals surface area contributed by atoms with Gasteiger partial charge in [0.05, 0.1) is 11.4 Å². The molecule has 0 atom stereocenters. The highest BCUT2D eigenvalue weighted by Crippen LogP contribution is 2.26. The molecular weight excluding hydrogens is 226 g/mol. The minimum absolute atomic E-state index is 0.0660. The minimum Gasteiger partial charge on any atom is -0.367 e. The highest BCUT2D eigenvalue weighted by molar-refractivity contribution is 5.72. The zero-order chi connectivity index (χ0) is 12.4. The van der Waals surface area contributed by atoms with E-state index in [1.807, 2.05) is 18.2 Å². The van der Waals surface area contributed by atoms with Crippen LogP contribution in [0, 0.1) is 0 Å². The van der Waals surface area contributed by atoms with Crippen molar-refractivity contribution >= 4 is 5.69 Å². The van der Waals surface area contributed by atoms with Crippen LogP contribution in [0.5, 0.6) is 0 Å². The number of rotatable bonds is 2. The summed E-state index contributed by atoms with van der Waals surface area (Å²) >= 11 is 0. The van der Waals surface area contributed by atoms with E-state index in [0.717, 1.165) is 43.0 Å². The lowest BCUT2D eigenvalue weighted by Crippen LogP contribution is -2.25. The molecule has 1 aliphatic rings. The summed E-state index contributed by atoms with van der Waals surface area (Å²) in [5.74, 6) is 0. The van der Waals surface area contributed by atoms with E-state index in [2.05, 4.69) is 14.9 Å². The molecule has 18 heavy (non-hydrogen) atoms. The second-order valence-corrected chi connectivity index (χ2v) is 4.47. The third-order valence-corrected chi connectivity index (χ3v) is 3.28. The monoisotopic (exact) mass is 241 g/mol. The number of nitrogens with zero attached hydrogens (tertiary/aromatic N) is 2. The Morgan fingerprint density at radius 2 is 2.00 bits per heavy atom. The number of nitrogens with one attached hydrogen (secondary N) is 1. The molecule has 92 valence electrons. The molecule has 2 aromatic rings. The van der Waals surface area contributed by atoms with Gasteiger partial charge in [0, 0.05) is 31.5 Å². The largest absolute Gasteiger partial charge is 0.367 e. The lowest BCUT2D eigenvalue weighted by molar-refractivity contribution is 0.949. The molecule has 1 saturated heterocycles. The van der Waals surface area contributed by atoms with Gasteiger partial charge in [-0.1, -0.05) is 6.07 Å². The Bertz CT molecular complexity index is 585. The van der Waals surface area contributed by atoms with Gasteiger partial charge in [0.1, 0.15) is 5.69 Å². The van der Waals surface area contributed by atoms with Crippen molar-refractivity contribution in [1.82, 2.24) is 9.97 Å². The van der Waals surface area contributed by atoms with Crippen LogP contribution in [0.2, 0.25) is 0 Å². The number of hydrogen-bond donors (Lipinski definition) is 1. The van der Waals surface area contributed by atoms with Crippen molar-refractivity contribution in [1.29, 1.82) is 0 Å². The molecule has 0 radical (unpaired) electrons. The standard InChI is InChI=1S/C14H15N3O/c18-12-6-8-16-13(11-5-1-2-7-15-11)14(12)17-9-3-4-10-17/h1-2,5-8H,3-4,9-10H2,(H,16,18). The molecule has 0 spiro atoms. The maximum atomic E-state index is 12.1. The van der Waals surface area contributed by atoms with E-state index in [1.54, 1.807) is 18.5 Å². The Hall–Kier alpha value is -2.10. The van der Waals surface area contributed by atoms with Gasteiger partial charge in [0.15, 0.2) is 0 Å². The first-order valence-electron chi connectivity index (χ1n) is 6.24. The summed E-state index contributed by atoms with van der Waals surface area (Å²) in [5.41, 5.74) is 2.46. The van der Waals surface area contributed by atoms with Crippen molar-refractivity contribution in [2.24, 2.45) is 0 Å². The molecule has 0 saturated carbocycles. The fourth-order valence-electron chi connectivity index (χ4n) is 2.43. The second-order valence-electron chi connectivity index (χ2n) is 4.47. The lowest BCUT2D eigenvalue weighted by Gasteiger charge is -2.19. The van der Waals surface area contributed by atoms with Crippen LogP contribution in [0.3, 0.4) is 0 Å². The average Bonchev–Trinajstić information content (AvgIpc) is 2.93. The molecule has 0 amide bonds. The Morgan fingerprint density at radius 1 is 1.17 bits per heavy atom. The van der Waals surface area contributed by atoms with E-state index in [1.165, 1.54) is 0 Å². The summed E-state index contributed by atoms with van der Waals surface area (Å²) in [4.78, 5) is 21.8. The smallest absolute Gasteiger partial charge is 0.205 e. The lowest BCUT2D eigenvalue weighted by atomic mass is 10.2. The molecule has 0 aromatic carbocycles. The van der Waals surface area contributed by atoms with Crippen LogP contribution in [-0.4, -0.2) is 23.1 Å². The van der Waals surface area contributed by atoms with Crippen molar-refractivity contribution in [2.45, 2.75) is 12.8 Å². The predicted molar refractivity (Wildman–Crippen MR) is 71.7 cm³/mol. The molecule has 3 rings (SSSR count). The van der Waals surface area contributed by atoms with Crippen molar-refractivity contribution in [3.63, 3.8) is 0 Å². The number of hydrogen-bond acceptors (Lipinski definition) is 3. The molecule has 0 unspecified atom stereocenters. The van der Waals surface area contributed by atoms with Crippen LogP contribution in [0.15, 0.2) is 41.5 Å². The maximum Gasteiger partial charge on any atom is 0.205 e. The van der Waals surface area contributed by atoms with E-state index < -0.39 is 0 Å². The summed E-state index contributed by atoms with van der Waals surface area (Å²) in [7, 11) is 0. The van der Waals surface area contributed by atoms with Crippen LogP contribution in [0.4, 0.5) is 5.69 Å². The number of aromatic nitrogens is 2.